The number of carbonyl (C=O) groups is 3. The molecule has 0 unspecified atom stereocenters. The number of carbonyl (C=O) groups excluding carboxylic acids is 3. The van der Waals surface area contributed by atoms with Gasteiger partial charge >= 0.3 is 5.97 Å². The van der Waals surface area contributed by atoms with Crippen LogP contribution in [0.15, 0.2) is 48.5 Å². The molecule has 1 amide bonds. The summed E-state index contributed by atoms with van der Waals surface area (Å²) in [5, 5.41) is 0.565. The van der Waals surface area contributed by atoms with Crippen LogP contribution in [0.3, 0.4) is 0 Å². The van der Waals surface area contributed by atoms with Gasteiger partial charge in [-0.3, -0.25) is 14.4 Å². The van der Waals surface area contributed by atoms with Crippen molar-refractivity contribution in [3.63, 3.8) is 0 Å². The first-order valence-electron chi connectivity index (χ1n) is 9.08. The van der Waals surface area contributed by atoms with Crippen LogP contribution >= 0.6 is 11.6 Å². The number of benzene rings is 2. The van der Waals surface area contributed by atoms with Gasteiger partial charge in [-0.15, -0.1) is 0 Å². The minimum absolute atomic E-state index is 0.120. The SMILES string of the molecule is CC(=O)OCCN(C)C(=O)C(C)(C)Oc1ccc(C(=O)c2ccc(Cl)cc2)cc1. The molecule has 6 nitrogen and oxygen atoms in total. The van der Waals surface area contributed by atoms with Gasteiger partial charge in [0.25, 0.3) is 5.91 Å². The smallest absolute Gasteiger partial charge is 0.302 e. The lowest BCUT2D eigenvalue weighted by Crippen LogP contribution is -2.48. The predicted molar refractivity (Wildman–Crippen MR) is 110 cm³/mol. The van der Waals surface area contributed by atoms with Crippen molar-refractivity contribution in [2.75, 3.05) is 20.2 Å². The molecule has 0 atom stereocenters. The maximum absolute atomic E-state index is 12.6. The van der Waals surface area contributed by atoms with Gasteiger partial charge in [-0.2, -0.15) is 0 Å². The molecule has 29 heavy (non-hydrogen) atoms. The van der Waals surface area contributed by atoms with Crippen LogP contribution in [0.4, 0.5) is 0 Å². The average Bonchev–Trinajstić information content (AvgIpc) is 2.67. The molecule has 154 valence electrons. The van der Waals surface area contributed by atoms with E-state index in [0.29, 0.717) is 21.9 Å². The van der Waals surface area contributed by atoms with Crippen LogP contribution < -0.4 is 4.74 Å². The van der Waals surface area contributed by atoms with Crippen molar-refractivity contribution >= 4 is 29.3 Å². The minimum Gasteiger partial charge on any atom is -0.478 e. The number of ether oxygens (including phenoxy) is 2. The van der Waals surface area contributed by atoms with E-state index in [1.165, 1.54) is 11.8 Å². The predicted octanol–water partition coefficient (Wildman–Crippen LogP) is 3.75. The highest BCUT2D eigenvalue weighted by Crippen LogP contribution is 2.22. The Balaban J connectivity index is 2.01. The monoisotopic (exact) mass is 417 g/mol. The summed E-state index contributed by atoms with van der Waals surface area (Å²) in [4.78, 5) is 37.4. The lowest BCUT2D eigenvalue weighted by Gasteiger charge is -2.30. The normalized spacial score (nSPS) is 10.9. The van der Waals surface area contributed by atoms with E-state index in [1.807, 2.05) is 0 Å². The van der Waals surface area contributed by atoms with Crippen LogP contribution in [0.5, 0.6) is 5.75 Å². The number of rotatable bonds is 8. The number of hydrogen-bond acceptors (Lipinski definition) is 5. The van der Waals surface area contributed by atoms with Crippen LogP contribution in [0, 0.1) is 0 Å². The number of nitrogens with zero attached hydrogens (tertiary/aromatic N) is 1. The zero-order chi connectivity index (χ0) is 21.6. The summed E-state index contributed by atoms with van der Waals surface area (Å²) >= 11 is 5.85. The van der Waals surface area contributed by atoms with E-state index in [4.69, 9.17) is 21.1 Å². The largest absolute Gasteiger partial charge is 0.478 e. The van der Waals surface area contributed by atoms with Gasteiger partial charge in [0.1, 0.15) is 12.4 Å². The first kappa shape index (κ1) is 22.4. The molecule has 0 aliphatic carbocycles. The van der Waals surface area contributed by atoms with E-state index in [9.17, 15) is 14.4 Å². The third-order valence-electron chi connectivity index (χ3n) is 4.19. The molecule has 0 aliphatic heterocycles. The first-order valence-corrected chi connectivity index (χ1v) is 9.46. The van der Waals surface area contributed by atoms with Gasteiger partial charge in [-0.1, -0.05) is 11.6 Å². The van der Waals surface area contributed by atoms with Crippen LogP contribution in [0.1, 0.15) is 36.7 Å². The van der Waals surface area contributed by atoms with Crippen molar-refractivity contribution in [3.8, 4) is 5.75 Å². The summed E-state index contributed by atoms with van der Waals surface area (Å²) in [6.45, 7) is 5.01. The quantitative estimate of drug-likeness (QED) is 0.483. The number of ketones is 1. The van der Waals surface area contributed by atoms with Crippen molar-refractivity contribution in [1.29, 1.82) is 0 Å². The van der Waals surface area contributed by atoms with E-state index in [0.717, 1.165) is 0 Å². The zero-order valence-corrected chi connectivity index (χ0v) is 17.7. The lowest BCUT2D eigenvalue weighted by atomic mass is 10.0. The van der Waals surface area contributed by atoms with E-state index >= 15 is 0 Å². The van der Waals surface area contributed by atoms with Gasteiger partial charge in [0.15, 0.2) is 11.4 Å². The second-order valence-corrected chi connectivity index (χ2v) is 7.48. The zero-order valence-electron chi connectivity index (χ0n) is 16.9. The minimum atomic E-state index is -1.13. The van der Waals surface area contributed by atoms with Gasteiger partial charge in [-0.25, -0.2) is 0 Å². The summed E-state index contributed by atoms with van der Waals surface area (Å²) in [6.07, 6.45) is 0. The summed E-state index contributed by atoms with van der Waals surface area (Å²) < 4.78 is 10.7. The topological polar surface area (TPSA) is 72.9 Å². The maximum Gasteiger partial charge on any atom is 0.302 e. The molecule has 0 saturated carbocycles. The Morgan fingerprint density at radius 1 is 0.966 bits per heavy atom. The van der Waals surface area contributed by atoms with Crippen molar-refractivity contribution in [1.82, 2.24) is 4.90 Å². The van der Waals surface area contributed by atoms with E-state index < -0.39 is 11.6 Å². The molecular weight excluding hydrogens is 394 g/mol. The highest BCUT2D eigenvalue weighted by Gasteiger charge is 2.32. The third kappa shape index (κ3) is 6.32. The standard InChI is InChI=1S/C22H24ClNO5/c1-15(25)28-14-13-24(4)21(27)22(2,3)29-19-11-7-17(8-12-19)20(26)16-5-9-18(23)10-6-16/h5-12H,13-14H2,1-4H3. The van der Waals surface area contributed by atoms with Gasteiger partial charge in [0.2, 0.25) is 0 Å². The number of likely N-dealkylation sites (N-methyl/N-ethyl adjacent to an activating group) is 1. The number of esters is 1. The second-order valence-electron chi connectivity index (χ2n) is 7.04. The Hall–Kier alpha value is -2.86. The molecule has 0 aromatic heterocycles. The van der Waals surface area contributed by atoms with E-state index in [-0.39, 0.29) is 24.8 Å². The van der Waals surface area contributed by atoms with Crippen LogP contribution in [-0.4, -0.2) is 48.4 Å². The Morgan fingerprint density at radius 2 is 1.48 bits per heavy atom. The van der Waals surface area contributed by atoms with E-state index in [2.05, 4.69) is 0 Å². The Labute approximate surface area is 175 Å². The molecule has 0 saturated heterocycles. The van der Waals surface area contributed by atoms with Crippen LogP contribution in [-0.2, 0) is 14.3 Å². The molecule has 2 aromatic rings. The van der Waals surface area contributed by atoms with Gasteiger partial charge < -0.3 is 14.4 Å². The molecule has 2 aromatic carbocycles. The molecule has 0 spiro atoms. The maximum atomic E-state index is 12.6. The number of amides is 1. The first-order chi connectivity index (χ1) is 13.6. The lowest BCUT2D eigenvalue weighted by molar-refractivity contribution is -0.148. The Morgan fingerprint density at radius 3 is 2.00 bits per heavy atom. The Kier molecular flexibility index (Phi) is 7.40. The van der Waals surface area contributed by atoms with Crippen LogP contribution in [0.25, 0.3) is 0 Å². The van der Waals surface area contributed by atoms with Crippen molar-refractivity contribution in [2.24, 2.45) is 0 Å². The fourth-order valence-corrected chi connectivity index (χ4v) is 2.79. The number of hydrogen-bond donors (Lipinski definition) is 0. The second kappa shape index (κ2) is 9.56. The van der Waals surface area contributed by atoms with Gasteiger partial charge in [0.05, 0.1) is 6.54 Å². The molecule has 0 aliphatic rings. The number of halogens is 1. The fourth-order valence-electron chi connectivity index (χ4n) is 2.67. The summed E-state index contributed by atoms with van der Waals surface area (Å²) in [5.41, 5.74) is -0.0950. The molecule has 2 rings (SSSR count). The van der Waals surface area contributed by atoms with Crippen LogP contribution in [0.2, 0.25) is 5.02 Å². The van der Waals surface area contributed by atoms with Crippen molar-refractivity contribution in [2.45, 2.75) is 26.4 Å². The van der Waals surface area contributed by atoms with Gasteiger partial charge in [-0.05, 0) is 62.4 Å². The third-order valence-corrected chi connectivity index (χ3v) is 4.44. The molecule has 0 N–H and O–H groups in total. The highest BCUT2D eigenvalue weighted by atomic mass is 35.5. The average molecular weight is 418 g/mol. The molecule has 0 fully saturated rings. The molecule has 7 heteroatoms. The molecule has 0 bridgehead atoms. The van der Waals surface area contributed by atoms with Crippen molar-refractivity contribution in [3.05, 3.63) is 64.7 Å². The Bertz CT molecular complexity index is 875. The molecule has 0 heterocycles. The van der Waals surface area contributed by atoms with Crippen molar-refractivity contribution < 1.29 is 23.9 Å². The van der Waals surface area contributed by atoms with E-state index in [1.54, 1.807) is 69.4 Å². The summed E-state index contributed by atoms with van der Waals surface area (Å²) in [7, 11) is 1.62. The highest BCUT2D eigenvalue weighted by molar-refractivity contribution is 6.30. The molecule has 0 radical (unpaired) electrons. The van der Waals surface area contributed by atoms with Gasteiger partial charge in [0, 0.05) is 30.1 Å². The fraction of sp³-hybridized carbons (Fsp3) is 0.318. The molecular formula is C22H24ClNO5. The summed E-state index contributed by atoms with van der Waals surface area (Å²) in [6, 6.07) is 13.3. The summed E-state index contributed by atoms with van der Waals surface area (Å²) in [5.74, 6) is -0.321.